The molecule has 3 rings (SSSR count). The van der Waals surface area contributed by atoms with E-state index in [9.17, 15) is 9.90 Å². The number of rotatable bonds is 6. The summed E-state index contributed by atoms with van der Waals surface area (Å²) in [6, 6.07) is 17.1. The van der Waals surface area contributed by atoms with Crippen LogP contribution in [0.5, 0.6) is 0 Å². The van der Waals surface area contributed by atoms with Gasteiger partial charge in [0.1, 0.15) is 6.04 Å². The van der Waals surface area contributed by atoms with Gasteiger partial charge in [-0.15, -0.1) is 0 Å². The monoisotopic (exact) mass is 294 g/mol. The Labute approximate surface area is 128 Å². The van der Waals surface area contributed by atoms with E-state index in [1.165, 1.54) is 0 Å². The molecule has 3 N–H and O–H groups in total. The number of H-pyrrole nitrogens is 1. The van der Waals surface area contributed by atoms with Gasteiger partial charge in [-0.2, -0.15) is 0 Å². The molecule has 0 radical (unpaired) electrons. The molecule has 0 bridgehead atoms. The van der Waals surface area contributed by atoms with Gasteiger partial charge in [0.2, 0.25) is 0 Å². The standard InChI is InChI=1S/C18H18N2O2/c21-18(22)17(19-11-13-6-2-1-3-7-13)10-14-12-20-16-9-5-4-8-15(14)16/h1-9,12,17,19-20H,10-11H2,(H,21,22)/t17-/m1/s1. The fraction of sp³-hybridized carbons (Fsp3) is 0.167. The fourth-order valence-electron chi connectivity index (χ4n) is 2.60. The normalized spacial score (nSPS) is 12.4. The Hall–Kier alpha value is -2.59. The van der Waals surface area contributed by atoms with E-state index in [0.717, 1.165) is 22.0 Å². The number of benzene rings is 2. The van der Waals surface area contributed by atoms with Crippen molar-refractivity contribution >= 4 is 16.9 Å². The predicted octanol–water partition coefficient (Wildman–Crippen LogP) is 2.95. The Morgan fingerprint density at radius 3 is 2.59 bits per heavy atom. The number of nitrogens with one attached hydrogen (secondary N) is 2. The van der Waals surface area contributed by atoms with Crippen LogP contribution < -0.4 is 5.32 Å². The summed E-state index contributed by atoms with van der Waals surface area (Å²) < 4.78 is 0. The molecule has 0 amide bonds. The first-order chi connectivity index (χ1) is 10.7. The third kappa shape index (κ3) is 3.18. The second kappa shape index (κ2) is 6.45. The van der Waals surface area contributed by atoms with Crippen molar-refractivity contribution in [2.75, 3.05) is 0 Å². The number of aliphatic carboxylic acids is 1. The molecule has 0 aliphatic carbocycles. The Balaban J connectivity index is 1.73. The molecule has 4 heteroatoms. The van der Waals surface area contributed by atoms with Gasteiger partial charge in [0.15, 0.2) is 0 Å². The molecular weight excluding hydrogens is 276 g/mol. The number of fused-ring (bicyclic) bond motifs is 1. The first-order valence-electron chi connectivity index (χ1n) is 7.29. The molecule has 3 aromatic rings. The number of carboxylic acids is 1. The third-order valence-corrected chi connectivity index (χ3v) is 3.79. The molecule has 1 aromatic heterocycles. The molecule has 0 saturated heterocycles. The molecule has 1 heterocycles. The van der Waals surface area contributed by atoms with Gasteiger partial charge in [-0.25, -0.2) is 0 Å². The van der Waals surface area contributed by atoms with E-state index in [1.807, 2.05) is 60.8 Å². The van der Waals surface area contributed by atoms with Gasteiger partial charge in [0, 0.05) is 30.1 Å². The van der Waals surface area contributed by atoms with Gasteiger partial charge in [0.25, 0.3) is 0 Å². The van der Waals surface area contributed by atoms with Crippen molar-refractivity contribution in [3.63, 3.8) is 0 Å². The van der Waals surface area contributed by atoms with E-state index in [0.29, 0.717) is 13.0 Å². The molecule has 22 heavy (non-hydrogen) atoms. The molecule has 4 nitrogen and oxygen atoms in total. The Morgan fingerprint density at radius 2 is 1.82 bits per heavy atom. The highest BCUT2D eigenvalue weighted by molar-refractivity contribution is 5.84. The van der Waals surface area contributed by atoms with E-state index in [4.69, 9.17) is 0 Å². The number of aromatic amines is 1. The third-order valence-electron chi connectivity index (χ3n) is 3.79. The maximum atomic E-state index is 11.5. The first-order valence-corrected chi connectivity index (χ1v) is 7.29. The van der Waals surface area contributed by atoms with Crippen molar-refractivity contribution in [3.05, 3.63) is 71.9 Å². The molecule has 0 aliphatic rings. The summed E-state index contributed by atoms with van der Waals surface area (Å²) in [5.74, 6) is -0.832. The second-order valence-corrected chi connectivity index (χ2v) is 5.32. The fourth-order valence-corrected chi connectivity index (χ4v) is 2.60. The number of carbonyl (C=O) groups is 1. The zero-order chi connectivity index (χ0) is 15.4. The van der Waals surface area contributed by atoms with Crippen molar-refractivity contribution in [2.45, 2.75) is 19.0 Å². The Morgan fingerprint density at radius 1 is 1.09 bits per heavy atom. The van der Waals surface area contributed by atoms with Crippen LogP contribution in [0.3, 0.4) is 0 Å². The smallest absolute Gasteiger partial charge is 0.321 e. The van der Waals surface area contributed by atoms with E-state index >= 15 is 0 Å². The van der Waals surface area contributed by atoms with Gasteiger partial charge in [0.05, 0.1) is 0 Å². The highest BCUT2D eigenvalue weighted by atomic mass is 16.4. The van der Waals surface area contributed by atoms with Crippen LogP contribution in [0.25, 0.3) is 10.9 Å². The molecule has 2 aromatic carbocycles. The Kier molecular flexibility index (Phi) is 4.21. The second-order valence-electron chi connectivity index (χ2n) is 5.32. The predicted molar refractivity (Wildman–Crippen MR) is 86.7 cm³/mol. The van der Waals surface area contributed by atoms with Crippen LogP contribution in [-0.4, -0.2) is 22.1 Å². The van der Waals surface area contributed by atoms with Crippen LogP contribution in [0.2, 0.25) is 0 Å². The zero-order valence-electron chi connectivity index (χ0n) is 12.1. The maximum Gasteiger partial charge on any atom is 0.321 e. The molecule has 0 saturated carbocycles. The summed E-state index contributed by atoms with van der Waals surface area (Å²) in [5, 5.41) is 13.7. The Bertz CT molecular complexity index is 765. The van der Waals surface area contributed by atoms with Crippen LogP contribution in [0.1, 0.15) is 11.1 Å². The van der Waals surface area contributed by atoms with Crippen LogP contribution in [-0.2, 0) is 17.8 Å². The average molecular weight is 294 g/mol. The highest BCUT2D eigenvalue weighted by Gasteiger charge is 2.19. The minimum atomic E-state index is -0.832. The summed E-state index contributed by atoms with van der Waals surface area (Å²) in [6.07, 6.45) is 2.34. The topological polar surface area (TPSA) is 65.1 Å². The molecular formula is C18H18N2O2. The number of aromatic nitrogens is 1. The van der Waals surface area contributed by atoms with E-state index in [-0.39, 0.29) is 0 Å². The number of hydrogen-bond acceptors (Lipinski definition) is 2. The summed E-state index contributed by atoms with van der Waals surface area (Å²) in [6.45, 7) is 0.542. The van der Waals surface area contributed by atoms with Gasteiger partial charge in [-0.3, -0.25) is 4.79 Å². The van der Waals surface area contributed by atoms with Crippen molar-refractivity contribution < 1.29 is 9.90 Å². The number of carboxylic acid groups (broad SMARTS) is 1. The van der Waals surface area contributed by atoms with E-state index < -0.39 is 12.0 Å². The van der Waals surface area contributed by atoms with E-state index in [1.54, 1.807) is 0 Å². The number of para-hydroxylation sites is 1. The first kappa shape index (κ1) is 14.4. The lowest BCUT2D eigenvalue weighted by Crippen LogP contribution is -2.38. The van der Waals surface area contributed by atoms with Gasteiger partial charge >= 0.3 is 5.97 Å². The lowest BCUT2D eigenvalue weighted by Gasteiger charge is -2.14. The quantitative estimate of drug-likeness (QED) is 0.655. The minimum Gasteiger partial charge on any atom is -0.480 e. The summed E-state index contributed by atoms with van der Waals surface area (Å²) in [5.41, 5.74) is 3.13. The summed E-state index contributed by atoms with van der Waals surface area (Å²) in [7, 11) is 0. The summed E-state index contributed by atoms with van der Waals surface area (Å²) in [4.78, 5) is 14.7. The molecule has 0 spiro atoms. The van der Waals surface area contributed by atoms with Crippen molar-refractivity contribution in [1.29, 1.82) is 0 Å². The van der Waals surface area contributed by atoms with Crippen LogP contribution in [0.15, 0.2) is 60.8 Å². The van der Waals surface area contributed by atoms with Gasteiger partial charge < -0.3 is 15.4 Å². The molecule has 0 fully saturated rings. The van der Waals surface area contributed by atoms with Crippen molar-refractivity contribution in [3.8, 4) is 0 Å². The van der Waals surface area contributed by atoms with Gasteiger partial charge in [-0.1, -0.05) is 48.5 Å². The molecule has 0 unspecified atom stereocenters. The average Bonchev–Trinajstić information content (AvgIpc) is 2.95. The molecule has 0 aliphatic heterocycles. The van der Waals surface area contributed by atoms with Crippen molar-refractivity contribution in [2.24, 2.45) is 0 Å². The summed E-state index contributed by atoms with van der Waals surface area (Å²) >= 11 is 0. The van der Waals surface area contributed by atoms with Crippen LogP contribution >= 0.6 is 0 Å². The largest absolute Gasteiger partial charge is 0.480 e. The lowest BCUT2D eigenvalue weighted by atomic mass is 10.0. The van der Waals surface area contributed by atoms with E-state index in [2.05, 4.69) is 10.3 Å². The zero-order valence-corrected chi connectivity index (χ0v) is 12.1. The highest BCUT2D eigenvalue weighted by Crippen LogP contribution is 2.19. The SMILES string of the molecule is O=C(O)[C@@H](Cc1c[nH]c2ccccc12)NCc1ccccc1. The maximum absolute atomic E-state index is 11.5. The van der Waals surface area contributed by atoms with Gasteiger partial charge in [-0.05, 0) is 17.2 Å². The molecule has 1 atom stereocenters. The van der Waals surface area contributed by atoms with Crippen molar-refractivity contribution in [1.82, 2.24) is 10.3 Å². The van der Waals surface area contributed by atoms with Crippen LogP contribution in [0.4, 0.5) is 0 Å². The lowest BCUT2D eigenvalue weighted by molar-refractivity contribution is -0.139. The molecule has 112 valence electrons. The minimum absolute atomic E-state index is 0.451. The van der Waals surface area contributed by atoms with Crippen LogP contribution in [0, 0.1) is 0 Å². The number of hydrogen-bond donors (Lipinski definition) is 3.